The van der Waals surface area contributed by atoms with E-state index in [1.807, 2.05) is 44.2 Å². The molecule has 0 saturated heterocycles. The molecule has 0 aliphatic rings. The highest BCUT2D eigenvalue weighted by atomic mass is 32.2. The van der Waals surface area contributed by atoms with Crippen molar-refractivity contribution in [2.24, 2.45) is 0 Å². The smallest absolute Gasteiger partial charge is 0.244 e. The number of nitrogens with one attached hydrogen (secondary N) is 1. The molecule has 0 radical (unpaired) electrons. The van der Waals surface area contributed by atoms with Crippen LogP contribution >= 0.6 is 0 Å². The third-order valence-electron chi connectivity index (χ3n) is 3.55. The maximum atomic E-state index is 12.5. The molecule has 0 aromatic heterocycles. The fourth-order valence-corrected chi connectivity index (χ4v) is 3.60. The summed E-state index contributed by atoms with van der Waals surface area (Å²) < 4.78 is 38.1. The van der Waals surface area contributed by atoms with E-state index in [4.69, 9.17) is 9.47 Å². The van der Waals surface area contributed by atoms with Crippen molar-refractivity contribution in [2.45, 2.75) is 25.2 Å². The molecule has 130 valence electrons. The molecule has 0 heterocycles. The number of sulfonamides is 1. The third-order valence-corrected chi connectivity index (χ3v) is 5.03. The number of aryl methyl sites for hydroxylation is 1. The van der Waals surface area contributed by atoms with Gasteiger partial charge in [-0.15, -0.1) is 0 Å². The van der Waals surface area contributed by atoms with Crippen LogP contribution in [0.3, 0.4) is 0 Å². The molecule has 0 aliphatic carbocycles. The molecule has 24 heavy (non-hydrogen) atoms. The van der Waals surface area contributed by atoms with Crippen molar-refractivity contribution < 1.29 is 17.9 Å². The second-order valence-electron chi connectivity index (χ2n) is 5.38. The van der Waals surface area contributed by atoms with Crippen molar-refractivity contribution in [3.63, 3.8) is 0 Å². The molecule has 6 heteroatoms. The van der Waals surface area contributed by atoms with Gasteiger partial charge in [-0.05, 0) is 55.7 Å². The van der Waals surface area contributed by atoms with Gasteiger partial charge in [0.25, 0.3) is 0 Å². The van der Waals surface area contributed by atoms with E-state index in [-0.39, 0.29) is 4.90 Å². The molecule has 0 aliphatic heterocycles. The summed E-state index contributed by atoms with van der Waals surface area (Å²) in [4.78, 5) is 0.164. The lowest BCUT2D eigenvalue weighted by atomic mass is 10.1. The number of benzene rings is 2. The van der Waals surface area contributed by atoms with Gasteiger partial charge in [-0.25, -0.2) is 13.1 Å². The second kappa shape index (κ2) is 8.17. The molecule has 2 rings (SSSR count). The Hall–Kier alpha value is -2.05. The first-order chi connectivity index (χ1) is 11.5. The van der Waals surface area contributed by atoms with E-state index in [0.29, 0.717) is 25.3 Å². The Balaban J connectivity index is 2.01. The lowest BCUT2D eigenvalue weighted by Gasteiger charge is -2.11. The second-order valence-corrected chi connectivity index (χ2v) is 7.11. The topological polar surface area (TPSA) is 64.6 Å². The number of hydrogen-bond acceptors (Lipinski definition) is 4. The Morgan fingerprint density at radius 3 is 2.42 bits per heavy atom. The lowest BCUT2D eigenvalue weighted by molar-refractivity contribution is 0.340. The average molecular weight is 349 g/mol. The van der Waals surface area contributed by atoms with Gasteiger partial charge in [0, 0.05) is 6.54 Å². The lowest BCUT2D eigenvalue weighted by Crippen LogP contribution is -2.26. The van der Waals surface area contributed by atoms with E-state index in [0.717, 1.165) is 16.9 Å². The van der Waals surface area contributed by atoms with Crippen molar-refractivity contribution in [3.05, 3.63) is 53.6 Å². The number of methoxy groups -OCH3 is 1. The predicted molar refractivity (Wildman–Crippen MR) is 94.2 cm³/mol. The summed E-state index contributed by atoms with van der Waals surface area (Å²) in [5.74, 6) is 1.15. The summed E-state index contributed by atoms with van der Waals surface area (Å²) in [6.07, 6.45) is 0.597. The summed E-state index contributed by atoms with van der Waals surface area (Å²) in [6.45, 7) is 4.71. The minimum absolute atomic E-state index is 0.164. The zero-order valence-electron chi connectivity index (χ0n) is 14.2. The van der Waals surface area contributed by atoms with Crippen LogP contribution in [0.4, 0.5) is 0 Å². The third kappa shape index (κ3) is 4.72. The number of hydrogen-bond donors (Lipinski definition) is 1. The van der Waals surface area contributed by atoms with Gasteiger partial charge >= 0.3 is 0 Å². The fourth-order valence-electron chi connectivity index (χ4n) is 2.32. The highest BCUT2D eigenvalue weighted by molar-refractivity contribution is 7.89. The zero-order chi connectivity index (χ0) is 17.6. The van der Waals surface area contributed by atoms with E-state index in [9.17, 15) is 8.42 Å². The quantitative estimate of drug-likeness (QED) is 0.796. The summed E-state index contributed by atoms with van der Waals surface area (Å²) in [5, 5.41) is 0. The zero-order valence-corrected chi connectivity index (χ0v) is 15.0. The largest absolute Gasteiger partial charge is 0.495 e. The van der Waals surface area contributed by atoms with Gasteiger partial charge in [0.1, 0.15) is 16.4 Å². The van der Waals surface area contributed by atoms with Crippen LogP contribution in [0.15, 0.2) is 47.4 Å². The SMILES string of the molecule is CCOc1ccc(CCNS(=O)(=O)c2cc(C)ccc2OC)cc1. The van der Waals surface area contributed by atoms with Crippen LogP contribution in [0.25, 0.3) is 0 Å². The highest BCUT2D eigenvalue weighted by Crippen LogP contribution is 2.24. The Morgan fingerprint density at radius 1 is 1.08 bits per heavy atom. The van der Waals surface area contributed by atoms with E-state index >= 15 is 0 Å². The first-order valence-corrected chi connectivity index (χ1v) is 9.30. The van der Waals surface area contributed by atoms with Crippen LogP contribution in [0, 0.1) is 6.92 Å². The average Bonchev–Trinajstić information content (AvgIpc) is 2.56. The monoisotopic (exact) mass is 349 g/mol. The van der Waals surface area contributed by atoms with Gasteiger partial charge in [-0.2, -0.15) is 0 Å². The van der Waals surface area contributed by atoms with E-state index < -0.39 is 10.0 Å². The van der Waals surface area contributed by atoms with Crippen molar-refractivity contribution >= 4 is 10.0 Å². The Morgan fingerprint density at radius 2 is 1.79 bits per heavy atom. The molecule has 0 unspecified atom stereocenters. The molecule has 0 spiro atoms. The number of ether oxygens (including phenoxy) is 2. The molecule has 2 aromatic carbocycles. The minimum Gasteiger partial charge on any atom is -0.495 e. The van der Waals surface area contributed by atoms with E-state index in [1.165, 1.54) is 7.11 Å². The van der Waals surface area contributed by atoms with Crippen LogP contribution in [-0.4, -0.2) is 28.7 Å². The van der Waals surface area contributed by atoms with Gasteiger partial charge in [0.15, 0.2) is 0 Å². The Bertz CT molecular complexity index is 770. The Labute approximate surface area is 143 Å². The van der Waals surface area contributed by atoms with Crippen molar-refractivity contribution in [2.75, 3.05) is 20.3 Å². The van der Waals surface area contributed by atoms with Crippen molar-refractivity contribution in [1.29, 1.82) is 0 Å². The molecule has 0 bridgehead atoms. The molecule has 5 nitrogen and oxygen atoms in total. The maximum absolute atomic E-state index is 12.5. The van der Waals surface area contributed by atoms with Crippen LogP contribution in [0.2, 0.25) is 0 Å². The summed E-state index contributed by atoms with van der Waals surface area (Å²) in [6, 6.07) is 12.7. The molecular formula is C18H23NO4S. The van der Waals surface area contributed by atoms with Gasteiger partial charge in [0.2, 0.25) is 10.0 Å². The normalized spacial score (nSPS) is 11.3. The maximum Gasteiger partial charge on any atom is 0.244 e. The summed E-state index contributed by atoms with van der Waals surface area (Å²) >= 11 is 0. The van der Waals surface area contributed by atoms with Gasteiger partial charge in [0.05, 0.1) is 13.7 Å². The van der Waals surface area contributed by atoms with Crippen molar-refractivity contribution in [1.82, 2.24) is 4.72 Å². The summed E-state index contributed by atoms with van der Waals surface area (Å²) in [5.41, 5.74) is 1.90. The Kier molecular flexibility index (Phi) is 6.23. The molecule has 0 amide bonds. The van der Waals surface area contributed by atoms with E-state index in [2.05, 4.69) is 4.72 Å². The van der Waals surface area contributed by atoms with Crippen LogP contribution in [-0.2, 0) is 16.4 Å². The molecular weight excluding hydrogens is 326 g/mol. The molecule has 0 fully saturated rings. The van der Waals surface area contributed by atoms with Crippen molar-refractivity contribution in [3.8, 4) is 11.5 Å². The fraction of sp³-hybridized carbons (Fsp3) is 0.333. The van der Waals surface area contributed by atoms with Crippen LogP contribution in [0.5, 0.6) is 11.5 Å². The minimum atomic E-state index is -3.61. The van der Waals surface area contributed by atoms with Crippen LogP contribution < -0.4 is 14.2 Å². The van der Waals surface area contributed by atoms with Gasteiger partial charge in [-0.3, -0.25) is 0 Å². The molecule has 2 aromatic rings. The molecule has 0 atom stereocenters. The first kappa shape index (κ1) is 18.3. The van der Waals surface area contributed by atoms with E-state index in [1.54, 1.807) is 12.1 Å². The highest BCUT2D eigenvalue weighted by Gasteiger charge is 2.19. The summed E-state index contributed by atoms with van der Waals surface area (Å²) in [7, 11) is -2.15. The van der Waals surface area contributed by atoms with Crippen LogP contribution in [0.1, 0.15) is 18.1 Å². The number of rotatable bonds is 8. The molecule has 1 N–H and O–H groups in total. The molecule has 0 saturated carbocycles. The predicted octanol–water partition coefficient (Wildman–Crippen LogP) is 2.92. The van der Waals surface area contributed by atoms with Gasteiger partial charge in [-0.1, -0.05) is 18.2 Å². The van der Waals surface area contributed by atoms with Gasteiger partial charge < -0.3 is 9.47 Å². The standard InChI is InChI=1S/C18H23NO4S/c1-4-23-16-8-6-15(7-9-16)11-12-19-24(20,21)18-13-14(2)5-10-17(18)22-3/h5-10,13,19H,4,11-12H2,1-3H3. The first-order valence-electron chi connectivity index (χ1n) is 7.82.